The number of benzene rings is 1. The molecule has 212 valence electrons. The summed E-state index contributed by atoms with van der Waals surface area (Å²) < 4.78 is 93.2. The fourth-order valence-corrected chi connectivity index (χ4v) is 4.85. The average molecular weight is 577 g/mol. The molecule has 1 atom stereocenters. The van der Waals surface area contributed by atoms with Crippen LogP contribution in [0.5, 0.6) is 0 Å². The van der Waals surface area contributed by atoms with Crippen LogP contribution in [0.25, 0.3) is 0 Å². The summed E-state index contributed by atoms with van der Waals surface area (Å²) in [5, 5.41) is 16.3. The Morgan fingerprint density at radius 1 is 0.842 bits per heavy atom. The summed E-state index contributed by atoms with van der Waals surface area (Å²) in [5.74, 6) is -8.09. The highest BCUT2D eigenvalue weighted by Gasteiger charge is 2.59. The van der Waals surface area contributed by atoms with Gasteiger partial charge in [0, 0.05) is 49.7 Å². The normalized spacial score (nSPS) is 21.2. The maximum atomic E-state index is 14.9. The van der Waals surface area contributed by atoms with Gasteiger partial charge in [0.15, 0.2) is 0 Å². The number of alkyl halides is 8. The third-order valence-electron chi connectivity index (χ3n) is 5.96. The number of hydrogen-bond donors (Lipinski definition) is 2. The van der Waals surface area contributed by atoms with Crippen molar-refractivity contribution in [3.63, 3.8) is 0 Å². The fraction of sp³-hybridized carbons (Fsp3) is 0.478. The van der Waals surface area contributed by atoms with Crippen LogP contribution in [0.4, 0.5) is 40.8 Å². The highest BCUT2D eigenvalue weighted by Crippen LogP contribution is 2.50. The van der Waals surface area contributed by atoms with Crippen molar-refractivity contribution in [2.75, 3.05) is 31.1 Å². The lowest BCUT2D eigenvalue weighted by atomic mass is 9.75. The number of halogens is 8. The first-order valence-electron chi connectivity index (χ1n) is 11.0. The van der Waals surface area contributed by atoms with E-state index in [2.05, 4.69) is 21.2 Å². The summed E-state index contributed by atoms with van der Waals surface area (Å²) in [6.07, 6.45) is -9.63. The van der Waals surface area contributed by atoms with Crippen LogP contribution in [-0.2, 0) is 16.1 Å². The standard InChI is InChI=1S/C19H22F2N2S.2C2HF3O2/c20-19(21)9-10-22(13-17-7-4-12-24-17)14-18(19)8-11-23(15-18)16-5-2-1-3-6-16;2*3-2(4,5)1(6)7/h1-7,12H,8-11,13-15H2;2*(H,6,7). The Morgan fingerprint density at radius 2 is 1.39 bits per heavy atom. The largest absolute Gasteiger partial charge is 0.490 e. The molecule has 3 heterocycles. The second-order valence-corrected chi connectivity index (χ2v) is 9.67. The summed E-state index contributed by atoms with van der Waals surface area (Å²) in [6, 6.07) is 14.1. The number of piperidine rings is 1. The fourth-order valence-electron chi connectivity index (χ4n) is 4.10. The Balaban J connectivity index is 0.000000301. The summed E-state index contributed by atoms with van der Waals surface area (Å²) >= 11 is 1.71. The Hall–Kier alpha value is -2.94. The average Bonchev–Trinajstić information content (AvgIpc) is 3.48. The smallest absolute Gasteiger partial charge is 0.475 e. The van der Waals surface area contributed by atoms with Crippen LogP contribution in [0.1, 0.15) is 17.7 Å². The highest BCUT2D eigenvalue weighted by atomic mass is 32.1. The number of aliphatic carboxylic acids is 2. The van der Waals surface area contributed by atoms with Crippen molar-refractivity contribution in [3.8, 4) is 0 Å². The number of para-hydroxylation sites is 1. The van der Waals surface area contributed by atoms with Gasteiger partial charge in [-0.2, -0.15) is 26.3 Å². The van der Waals surface area contributed by atoms with E-state index in [1.807, 2.05) is 36.4 Å². The van der Waals surface area contributed by atoms with Crippen LogP contribution in [0.3, 0.4) is 0 Å². The first-order chi connectivity index (χ1) is 17.5. The Labute approximate surface area is 216 Å². The van der Waals surface area contributed by atoms with E-state index in [1.165, 1.54) is 4.88 Å². The van der Waals surface area contributed by atoms with Crippen LogP contribution in [0.15, 0.2) is 47.8 Å². The molecule has 1 unspecified atom stereocenters. The van der Waals surface area contributed by atoms with Crippen molar-refractivity contribution in [2.24, 2.45) is 5.41 Å². The number of thiophene rings is 1. The van der Waals surface area contributed by atoms with Crippen molar-refractivity contribution in [1.29, 1.82) is 0 Å². The van der Waals surface area contributed by atoms with Gasteiger partial charge in [0.25, 0.3) is 5.92 Å². The van der Waals surface area contributed by atoms with Gasteiger partial charge in [0.05, 0.1) is 5.41 Å². The lowest BCUT2D eigenvalue weighted by Gasteiger charge is -2.46. The van der Waals surface area contributed by atoms with Crippen LogP contribution < -0.4 is 4.90 Å². The minimum atomic E-state index is -5.08. The number of hydrogen-bond acceptors (Lipinski definition) is 5. The van der Waals surface area contributed by atoms with Crippen LogP contribution in [0.2, 0.25) is 0 Å². The molecule has 2 N–H and O–H groups in total. The molecule has 6 nitrogen and oxygen atoms in total. The molecule has 0 aliphatic carbocycles. The van der Waals surface area contributed by atoms with Gasteiger partial charge in [-0.05, 0) is 30.0 Å². The summed E-state index contributed by atoms with van der Waals surface area (Å²) in [7, 11) is 0. The topological polar surface area (TPSA) is 81.1 Å². The number of carboxylic acids is 2. The van der Waals surface area contributed by atoms with E-state index in [0.29, 0.717) is 32.6 Å². The number of carboxylic acid groups (broad SMARTS) is 2. The molecule has 2 fully saturated rings. The molecule has 0 saturated carbocycles. The van der Waals surface area contributed by atoms with Gasteiger partial charge in [-0.3, -0.25) is 4.90 Å². The van der Waals surface area contributed by atoms with Crippen molar-refractivity contribution in [2.45, 2.75) is 37.7 Å². The van der Waals surface area contributed by atoms with E-state index in [9.17, 15) is 35.1 Å². The van der Waals surface area contributed by atoms with Gasteiger partial charge in [-0.25, -0.2) is 18.4 Å². The molecule has 2 aliphatic heterocycles. The SMILES string of the molecule is FC1(F)CCN(Cc2cccs2)CC12CCN(c1ccccc1)C2.O=C(O)C(F)(F)F.O=C(O)C(F)(F)F. The number of likely N-dealkylation sites (tertiary alicyclic amines) is 1. The van der Waals surface area contributed by atoms with Gasteiger partial charge >= 0.3 is 24.3 Å². The maximum absolute atomic E-state index is 14.9. The second-order valence-electron chi connectivity index (χ2n) is 8.64. The molecule has 1 aromatic carbocycles. The molecular formula is C23H24F8N2O4S. The first-order valence-corrected chi connectivity index (χ1v) is 11.9. The zero-order valence-electron chi connectivity index (χ0n) is 19.6. The number of nitrogens with zero attached hydrogens (tertiary/aromatic N) is 2. The first kappa shape index (κ1) is 31.3. The van der Waals surface area contributed by atoms with Crippen molar-refractivity contribution < 1.29 is 54.9 Å². The minimum Gasteiger partial charge on any atom is -0.475 e. The Bertz CT molecular complexity index is 1020. The van der Waals surface area contributed by atoms with Gasteiger partial charge in [0.1, 0.15) is 0 Å². The summed E-state index contributed by atoms with van der Waals surface area (Å²) in [5.41, 5.74) is 0.138. The van der Waals surface area contributed by atoms with Gasteiger partial charge < -0.3 is 15.1 Å². The molecule has 1 aromatic heterocycles. The van der Waals surface area contributed by atoms with Crippen molar-refractivity contribution >= 4 is 29.0 Å². The molecular weight excluding hydrogens is 552 g/mol. The monoisotopic (exact) mass is 576 g/mol. The van der Waals surface area contributed by atoms with Gasteiger partial charge in [0.2, 0.25) is 0 Å². The Morgan fingerprint density at radius 3 is 1.87 bits per heavy atom. The predicted molar refractivity (Wildman–Crippen MR) is 122 cm³/mol. The van der Waals surface area contributed by atoms with Crippen molar-refractivity contribution in [1.82, 2.24) is 4.90 Å². The zero-order chi connectivity index (χ0) is 28.8. The molecule has 4 rings (SSSR count). The summed E-state index contributed by atoms with van der Waals surface area (Å²) in [6.45, 7) is 2.93. The van der Waals surface area contributed by atoms with E-state index in [-0.39, 0.29) is 6.42 Å². The van der Waals surface area contributed by atoms with Gasteiger partial charge in [-0.15, -0.1) is 11.3 Å². The molecule has 0 bridgehead atoms. The molecule has 15 heteroatoms. The molecule has 0 radical (unpaired) electrons. The molecule has 2 aromatic rings. The van der Waals surface area contributed by atoms with Crippen LogP contribution in [-0.4, -0.2) is 71.5 Å². The third-order valence-corrected chi connectivity index (χ3v) is 6.83. The highest BCUT2D eigenvalue weighted by molar-refractivity contribution is 7.09. The van der Waals surface area contributed by atoms with E-state index in [1.54, 1.807) is 11.3 Å². The number of anilines is 1. The van der Waals surface area contributed by atoms with Gasteiger partial charge in [-0.1, -0.05) is 24.3 Å². The molecule has 38 heavy (non-hydrogen) atoms. The van der Waals surface area contributed by atoms with E-state index >= 15 is 0 Å². The van der Waals surface area contributed by atoms with Crippen LogP contribution in [0, 0.1) is 5.41 Å². The molecule has 2 aliphatic rings. The maximum Gasteiger partial charge on any atom is 0.490 e. The van der Waals surface area contributed by atoms with E-state index in [4.69, 9.17) is 19.8 Å². The lowest BCUT2D eigenvalue weighted by Crippen LogP contribution is -2.56. The number of rotatable bonds is 3. The molecule has 2 saturated heterocycles. The summed E-state index contributed by atoms with van der Waals surface area (Å²) in [4.78, 5) is 23.4. The third kappa shape index (κ3) is 8.55. The van der Waals surface area contributed by atoms with E-state index < -0.39 is 35.6 Å². The van der Waals surface area contributed by atoms with Crippen LogP contribution >= 0.6 is 11.3 Å². The van der Waals surface area contributed by atoms with E-state index in [0.717, 1.165) is 12.2 Å². The molecule has 0 amide bonds. The van der Waals surface area contributed by atoms with Crippen molar-refractivity contribution in [3.05, 3.63) is 52.7 Å². The number of carbonyl (C=O) groups is 2. The quantitative estimate of drug-likeness (QED) is 0.453. The second kappa shape index (κ2) is 12.3. The predicted octanol–water partition coefficient (Wildman–Crippen LogP) is 5.75. The Kier molecular flexibility index (Phi) is 10.1. The lowest BCUT2D eigenvalue weighted by molar-refractivity contribution is -0.193. The molecule has 1 spiro atoms. The zero-order valence-corrected chi connectivity index (χ0v) is 20.4. The minimum absolute atomic E-state index is 0.0268.